The third-order valence-corrected chi connectivity index (χ3v) is 8.72. The standard InChI is InChI=1S/C24H30N4O4S2.ClH/c1-18-5-10-21-22(17-18)33-24(25-21)28(12-4-11-27-13-15-32-16-14-27)23(29)19-6-8-20(9-7-19)34(30,31)26(2)3;/h5-10,17H,4,11-16H2,1-3H3;1H. The molecular formula is C24H31ClN4O4S2. The number of sulfonamides is 1. The van der Waals surface area contributed by atoms with Crippen molar-refractivity contribution >= 4 is 55.0 Å². The van der Waals surface area contributed by atoms with Crippen molar-refractivity contribution in [3.63, 3.8) is 0 Å². The lowest BCUT2D eigenvalue weighted by molar-refractivity contribution is 0.0376. The van der Waals surface area contributed by atoms with Crippen LogP contribution in [0.5, 0.6) is 0 Å². The molecule has 0 atom stereocenters. The number of halogens is 1. The highest BCUT2D eigenvalue weighted by Crippen LogP contribution is 2.31. The number of thiazole rings is 1. The third kappa shape index (κ3) is 6.38. The van der Waals surface area contributed by atoms with Gasteiger partial charge in [0.05, 0.1) is 28.3 Å². The molecule has 2 aromatic carbocycles. The number of aryl methyl sites for hydroxylation is 1. The molecule has 4 rings (SSSR count). The number of rotatable bonds is 8. The molecule has 0 bridgehead atoms. The van der Waals surface area contributed by atoms with E-state index in [0.29, 0.717) is 17.2 Å². The van der Waals surface area contributed by atoms with E-state index in [1.807, 2.05) is 19.1 Å². The summed E-state index contributed by atoms with van der Waals surface area (Å²) < 4.78 is 32.4. The second kappa shape index (κ2) is 11.8. The van der Waals surface area contributed by atoms with E-state index in [2.05, 4.69) is 11.0 Å². The first kappa shape index (κ1) is 27.5. The Hall–Kier alpha value is -2.08. The Labute approximate surface area is 217 Å². The summed E-state index contributed by atoms with van der Waals surface area (Å²) in [6.07, 6.45) is 0.799. The van der Waals surface area contributed by atoms with Crippen LogP contribution in [0.15, 0.2) is 47.4 Å². The van der Waals surface area contributed by atoms with Gasteiger partial charge in [0.2, 0.25) is 10.0 Å². The van der Waals surface area contributed by atoms with Crippen LogP contribution in [-0.2, 0) is 14.8 Å². The summed E-state index contributed by atoms with van der Waals surface area (Å²) in [7, 11) is -0.586. The molecule has 0 spiro atoms. The predicted octanol–water partition coefficient (Wildman–Crippen LogP) is 3.65. The Morgan fingerprint density at radius 3 is 2.46 bits per heavy atom. The molecule has 0 N–H and O–H groups in total. The van der Waals surface area contributed by atoms with Crippen LogP contribution in [0.2, 0.25) is 0 Å². The molecule has 0 radical (unpaired) electrons. The van der Waals surface area contributed by atoms with Crippen LogP contribution < -0.4 is 4.90 Å². The van der Waals surface area contributed by atoms with Gasteiger partial charge in [-0.3, -0.25) is 14.6 Å². The maximum atomic E-state index is 13.6. The number of amides is 1. The van der Waals surface area contributed by atoms with Crippen molar-refractivity contribution in [3.05, 3.63) is 53.6 Å². The van der Waals surface area contributed by atoms with Crippen molar-refractivity contribution in [2.45, 2.75) is 18.2 Å². The topological polar surface area (TPSA) is 83.0 Å². The SMILES string of the molecule is Cc1ccc2nc(N(CCCN3CCOCC3)C(=O)c3ccc(S(=O)(=O)N(C)C)cc3)sc2c1.Cl. The molecule has 2 heterocycles. The van der Waals surface area contributed by atoms with Crippen LogP contribution in [0.3, 0.4) is 0 Å². The largest absolute Gasteiger partial charge is 0.379 e. The predicted molar refractivity (Wildman–Crippen MR) is 142 cm³/mol. The molecule has 1 aliphatic heterocycles. The number of fused-ring (bicyclic) bond motifs is 1. The van der Waals surface area contributed by atoms with Crippen LogP contribution >= 0.6 is 23.7 Å². The number of anilines is 1. The van der Waals surface area contributed by atoms with Crippen LogP contribution in [-0.4, -0.2) is 82.0 Å². The minimum absolute atomic E-state index is 0. The van der Waals surface area contributed by atoms with E-state index in [9.17, 15) is 13.2 Å². The van der Waals surface area contributed by atoms with Gasteiger partial charge < -0.3 is 4.74 Å². The van der Waals surface area contributed by atoms with E-state index in [1.165, 1.54) is 37.6 Å². The summed E-state index contributed by atoms with van der Waals surface area (Å²) in [5.41, 5.74) is 2.44. The Balaban J connectivity index is 0.00000342. The summed E-state index contributed by atoms with van der Waals surface area (Å²) in [5, 5.41) is 0.651. The van der Waals surface area contributed by atoms with Crippen LogP contribution in [0.4, 0.5) is 5.13 Å². The van der Waals surface area contributed by atoms with Gasteiger partial charge in [-0.15, -0.1) is 12.4 Å². The normalized spacial score (nSPS) is 14.7. The molecule has 0 saturated carbocycles. The summed E-state index contributed by atoms with van der Waals surface area (Å²) in [6, 6.07) is 12.2. The lowest BCUT2D eigenvalue weighted by Crippen LogP contribution is -2.39. The highest BCUT2D eigenvalue weighted by Gasteiger charge is 2.23. The molecule has 1 fully saturated rings. The summed E-state index contributed by atoms with van der Waals surface area (Å²) in [5.74, 6) is -0.188. The molecule has 11 heteroatoms. The van der Waals surface area contributed by atoms with Gasteiger partial charge in [0.1, 0.15) is 0 Å². The fourth-order valence-electron chi connectivity index (χ4n) is 3.83. The molecule has 1 aliphatic rings. The number of hydrogen-bond donors (Lipinski definition) is 0. The first-order valence-electron chi connectivity index (χ1n) is 11.3. The highest BCUT2D eigenvalue weighted by atomic mass is 35.5. The zero-order valence-electron chi connectivity index (χ0n) is 20.1. The number of aromatic nitrogens is 1. The van der Waals surface area contributed by atoms with E-state index in [4.69, 9.17) is 9.72 Å². The average molecular weight is 539 g/mol. The van der Waals surface area contributed by atoms with Gasteiger partial charge in [0, 0.05) is 45.8 Å². The van der Waals surface area contributed by atoms with Gasteiger partial charge in [0.15, 0.2) is 5.13 Å². The van der Waals surface area contributed by atoms with Crippen LogP contribution in [0, 0.1) is 6.92 Å². The summed E-state index contributed by atoms with van der Waals surface area (Å²) in [4.78, 5) is 22.5. The molecule has 35 heavy (non-hydrogen) atoms. The monoisotopic (exact) mass is 538 g/mol. The first-order chi connectivity index (χ1) is 16.3. The van der Waals surface area contributed by atoms with Gasteiger partial charge in [0.25, 0.3) is 5.91 Å². The molecule has 1 aromatic heterocycles. The zero-order valence-corrected chi connectivity index (χ0v) is 22.6. The lowest BCUT2D eigenvalue weighted by atomic mass is 10.2. The van der Waals surface area contributed by atoms with Crippen molar-refractivity contribution in [2.75, 3.05) is 58.4 Å². The Kier molecular flexibility index (Phi) is 9.25. The van der Waals surface area contributed by atoms with Crippen molar-refractivity contribution in [3.8, 4) is 0 Å². The molecule has 1 saturated heterocycles. The summed E-state index contributed by atoms with van der Waals surface area (Å²) >= 11 is 1.50. The average Bonchev–Trinajstić information content (AvgIpc) is 3.25. The molecule has 190 valence electrons. The number of nitrogens with zero attached hydrogens (tertiary/aromatic N) is 4. The molecular weight excluding hydrogens is 508 g/mol. The van der Waals surface area contributed by atoms with Crippen molar-refractivity contribution in [2.24, 2.45) is 0 Å². The van der Waals surface area contributed by atoms with Gasteiger partial charge in [-0.25, -0.2) is 17.7 Å². The molecule has 0 unspecified atom stereocenters. The number of carbonyl (C=O) groups excluding carboxylic acids is 1. The fraction of sp³-hybridized carbons (Fsp3) is 0.417. The van der Waals surface area contributed by atoms with Gasteiger partial charge in [-0.2, -0.15) is 0 Å². The highest BCUT2D eigenvalue weighted by molar-refractivity contribution is 7.89. The number of morpholine rings is 1. The smallest absolute Gasteiger partial charge is 0.260 e. The lowest BCUT2D eigenvalue weighted by Gasteiger charge is -2.27. The van der Waals surface area contributed by atoms with Crippen LogP contribution in [0.1, 0.15) is 22.3 Å². The number of ether oxygens (including phenoxy) is 1. The third-order valence-electron chi connectivity index (χ3n) is 5.85. The second-order valence-electron chi connectivity index (χ2n) is 8.54. The Morgan fingerprint density at radius 1 is 1.11 bits per heavy atom. The minimum atomic E-state index is -3.56. The Bertz CT molecular complexity index is 1260. The summed E-state index contributed by atoms with van der Waals surface area (Å²) in [6.45, 7) is 6.70. The number of hydrogen-bond acceptors (Lipinski definition) is 7. The second-order valence-corrected chi connectivity index (χ2v) is 11.7. The molecule has 1 amide bonds. The first-order valence-corrected chi connectivity index (χ1v) is 13.5. The van der Waals surface area contributed by atoms with E-state index in [1.54, 1.807) is 17.0 Å². The number of benzene rings is 2. The quantitative estimate of drug-likeness (QED) is 0.435. The number of carbonyl (C=O) groups is 1. The van der Waals surface area contributed by atoms with Crippen molar-refractivity contribution in [1.82, 2.24) is 14.2 Å². The maximum Gasteiger partial charge on any atom is 0.260 e. The Morgan fingerprint density at radius 2 is 1.80 bits per heavy atom. The van der Waals surface area contributed by atoms with E-state index >= 15 is 0 Å². The molecule has 8 nitrogen and oxygen atoms in total. The fourth-order valence-corrected chi connectivity index (χ4v) is 5.82. The van der Waals surface area contributed by atoms with Crippen LogP contribution in [0.25, 0.3) is 10.2 Å². The van der Waals surface area contributed by atoms with Gasteiger partial charge >= 0.3 is 0 Å². The minimum Gasteiger partial charge on any atom is -0.379 e. The van der Waals surface area contributed by atoms with E-state index < -0.39 is 10.0 Å². The molecule has 0 aliphatic carbocycles. The van der Waals surface area contributed by atoms with Gasteiger partial charge in [-0.1, -0.05) is 17.4 Å². The maximum absolute atomic E-state index is 13.6. The van der Waals surface area contributed by atoms with E-state index in [0.717, 1.165) is 59.4 Å². The van der Waals surface area contributed by atoms with Crippen molar-refractivity contribution < 1.29 is 17.9 Å². The zero-order chi connectivity index (χ0) is 24.3. The van der Waals surface area contributed by atoms with E-state index in [-0.39, 0.29) is 23.2 Å². The van der Waals surface area contributed by atoms with Gasteiger partial charge in [-0.05, 0) is 55.3 Å². The van der Waals surface area contributed by atoms with Crippen molar-refractivity contribution in [1.29, 1.82) is 0 Å². The molecule has 3 aromatic rings.